The van der Waals surface area contributed by atoms with Crippen molar-refractivity contribution in [3.63, 3.8) is 0 Å². The van der Waals surface area contributed by atoms with E-state index in [0.717, 1.165) is 24.2 Å². The number of rotatable bonds is 5. The second-order valence-corrected chi connectivity index (χ2v) is 6.46. The lowest BCUT2D eigenvalue weighted by Crippen LogP contribution is -2.46. The van der Waals surface area contributed by atoms with Gasteiger partial charge in [0.15, 0.2) is 0 Å². The fourth-order valence-electron chi connectivity index (χ4n) is 2.84. The molecule has 0 saturated carbocycles. The summed E-state index contributed by atoms with van der Waals surface area (Å²) in [6.45, 7) is 2.76. The molecule has 0 amide bonds. The van der Waals surface area contributed by atoms with E-state index >= 15 is 0 Å². The highest BCUT2D eigenvalue weighted by Crippen LogP contribution is 2.19. The van der Waals surface area contributed by atoms with Crippen molar-refractivity contribution >= 4 is 17.2 Å². The molecular weight excluding hydrogens is 282 g/mol. The molecule has 1 aliphatic heterocycles. The highest BCUT2D eigenvalue weighted by Gasteiger charge is 2.23. The van der Waals surface area contributed by atoms with Gasteiger partial charge in [0, 0.05) is 24.7 Å². The molecule has 0 aliphatic carbocycles. The molecule has 0 spiro atoms. The van der Waals surface area contributed by atoms with E-state index in [1.165, 1.54) is 12.8 Å². The van der Waals surface area contributed by atoms with E-state index in [9.17, 15) is 5.11 Å². The highest BCUT2D eigenvalue weighted by molar-refractivity contribution is 7.80. The first-order valence-electron chi connectivity index (χ1n) is 7.44. The van der Waals surface area contributed by atoms with Crippen LogP contribution in [0.3, 0.4) is 0 Å². The second-order valence-electron chi connectivity index (χ2n) is 6.02. The standard InChI is InChI=1S/C16H25N3OS/c1-18(2)14-4-3-9-19(10-14)11-15(20)12-5-7-13(8-6-12)16(17)21/h5-8,14-15,20H,3-4,9-11H2,1-2H3,(H2,17,21). The van der Waals surface area contributed by atoms with Gasteiger partial charge < -0.3 is 15.7 Å². The molecule has 0 radical (unpaired) electrons. The molecule has 116 valence electrons. The third kappa shape index (κ3) is 4.48. The Labute approximate surface area is 132 Å². The summed E-state index contributed by atoms with van der Waals surface area (Å²) in [6.07, 6.45) is 1.96. The van der Waals surface area contributed by atoms with Crippen molar-refractivity contribution in [1.82, 2.24) is 9.80 Å². The number of nitrogens with two attached hydrogens (primary N) is 1. The van der Waals surface area contributed by atoms with Crippen molar-refractivity contribution in [3.8, 4) is 0 Å². The molecule has 1 aliphatic rings. The smallest absolute Gasteiger partial charge is 0.103 e. The molecule has 1 saturated heterocycles. The van der Waals surface area contributed by atoms with E-state index < -0.39 is 6.10 Å². The van der Waals surface area contributed by atoms with E-state index in [4.69, 9.17) is 18.0 Å². The third-order valence-corrected chi connectivity index (χ3v) is 4.46. The van der Waals surface area contributed by atoms with Gasteiger partial charge in [-0.2, -0.15) is 0 Å². The fourth-order valence-corrected chi connectivity index (χ4v) is 2.97. The molecule has 0 bridgehead atoms. The zero-order chi connectivity index (χ0) is 15.4. The van der Waals surface area contributed by atoms with Crippen LogP contribution in [0.5, 0.6) is 0 Å². The quantitative estimate of drug-likeness (QED) is 0.805. The Morgan fingerprint density at radius 2 is 2.10 bits per heavy atom. The van der Waals surface area contributed by atoms with Crippen LogP contribution >= 0.6 is 12.2 Å². The van der Waals surface area contributed by atoms with E-state index in [1.54, 1.807) is 0 Å². The van der Waals surface area contributed by atoms with Crippen LogP contribution in [0.15, 0.2) is 24.3 Å². The Morgan fingerprint density at radius 3 is 2.67 bits per heavy atom. The first-order chi connectivity index (χ1) is 9.97. The predicted octanol–water partition coefficient (Wildman–Crippen LogP) is 1.38. The number of thiocarbonyl (C=S) groups is 1. The van der Waals surface area contributed by atoms with Gasteiger partial charge in [0.25, 0.3) is 0 Å². The van der Waals surface area contributed by atoms with Crippen molar-refractivity contribution in [1.29, 1.82) is 0 Å². The van der Waals surface area contributed by atoms with Gasteiger partial charge in [0.2, 0.25) is 0 Å². The summed E-state index contributed by atoms with van der Waals surface area (Å²) in [7, 11) is 4.25. The summed E-state index contributed by atoms with van der Waals surface area (Å²) in [5.74, 6) is 0. The predicted molar refractivity (Wildman–Crippen MR) is 90.4 cm³/mol. The summed E-state index contributed by atoms with van der Waals surface area (Å²) in [5.41, 5.74) is 7.35. The maximum Gasteiger partial charge on any atom is 0.103 e. The SMILES string of the molecule is CN(C)C1CCCN(CC(O)c2ccc(C(N)=S)cc2)C1. The first kappa shape index (κ1) is 16.4. The minimum Gasteiger partial charge on any atom is -0.389 e. The zero-order valence-corrected chi connectivity index (χ0v) is 13.6. The largest absolute Gasteiger partial charge is 0.389 e. The zero-order valence-electron chi connectivity index (χ0n) is 12.8. The normalized spacial score (nSPS) is 21.4. The number of piperidine rings is 1. The lowest BCUT2D eigenvalue weighted by Gasteiger charge is -2.37. The minimum absolute atomic E-state index is 0.390. The number of benzene rings is 1. The number of β-amino-alcohol motifs (C(OH)–C–C–N with tert-alkyl or cyclic N) is 1. The molecule has 2 rings (SSSR count). The van der Waals surface area contributed by atoms with Gasteiger partial charge in [-0.05, 0) is 39.0 Å². The Balaban J connectivity index is 1.94. The topological polar surface area (TPSA) is 52.7 Å². The second kappa shape index (κ2) is 7.31. The number of hydrogen-bond acceptors (Lipinski definition) is 4. The molecule has 1 heterocycles. The van der Waals surface area contributed by atoms with E-state index in [0.29, 0.717) is 17.6 Å². The van der Waals surface area contributed by atoms with E-state index in [1.807, 2.05) is 24.3 Å². The van der Waals surface area contributed by atoms with Gasteiger partial charge in [-0.1, -0.05) is 36.5 Å². The summed E-state index contributed by atoms with van der Waals surface area (Å²) in [5, 5.41) is 10.4. The van der Waals surface area contributed by atoms with Crippen LogP contribution in [0.1, 0.15) is 30.1 Å². The number of aliphatic hydroxyl groups excluding tert-OH is 1. The number of likely N-dealkylation sites (N-methyl/N-ethyl adjacent to an activating group) is 1. The molecule has 0 aromatic heterocycles. The maximum atomic E-state index is 10.4. The van der Waals surface area contributed by atoms with Crippen LogP contribution < -0.4 is 5.73 Å². The molecule has 1 fully saturated rings. The van der Waals surface area contributed by atoms with Gasteiger partial charge in [0.1, 0.15) is 4.99 Å². The van der Waals surface area contributed by atoms with Gasteiger partial charge in [0.05, 0.1) is 6.10 Å². The first-order valence-corrected chi connectivity index (χ1v) is 7.85. The van der Waals surface area contributed by atoms with Crippen molar-refractivity contribution in [2.45, 2.75) is 25.0 Å². The maximum absolute atomic E-state index is 10.4. The molecule has 1 aromatic rings. The van der Waals surface area contributed by atoms with Gasteiger partial charge in [-0.15, -0.1) is 0 Å². The average Bonchev–Trinajstić information content (AvgIpc) is 2.47. The third-order valence-electron chi connectivity index (χ3n) is 4.22. The molecule has 1 aromatic carbocycles. The fraction of sp³-hybridized carbons (Fsp3) is 0.562. The summed E-state index contributed by atoms with van der Waals surface area (Å²) in [4.78, 5) is 5.01. The monoisotopic (exact) mass is 307 g/mol. The highest BCUT2D eigenvalue weighted by atomic mass is 32.1. The Kier molecular flexibility index (Phi) is 5.70. The van der Waals surface area contributed by atoms with Crippen LogP contribution in [0.25, 0.3) is 0 Å². The van der Waals surface area contributed by atoms with Crippen LogP contribution in [-0.2, 0) is 0 Å². The Hall–Kier alpha value is -1.01. The number of nitrogens with zero attached hydrogens (tertiary/aromatic N) is 2. The lowest BCUT2D eigenvalue weighted by atomic mass is 10.0. The van der Waals surface area contributed by atoms with Crippen LogP contribution in [-0.4, -0.2) is 59.7 Å². The molecule has 4 nitrogen and oxygen atoms in total. The molecule has 2 atom stereocenters. The van der Waals surface area contributed by atoms with Crippen molar-refractivity contribution in [2.24, 2.45) is 5.73 Å². The lowest BCUT2D eigenvalue weighted by molar-refractivity contribution is 0.0722. The average molecular weight is 307 g/mol. The molecule has 2 unspecified atom stereocenters. The summed E-state index contributed by atoms with van der Waals surface area (Å²) >= 11 is 4.94. The van der Waals surface area contributed by atoms with Crippen LogP contribution in [0.2, 0.25) is 0 Å². The van der Waals surface area contributed by atoms with Crippen molar-refractivity contribution in [3.05, 3.63) is 35.4 Å². The molecule has 21 heavy (non-hydrogen) atoms. The van der Waals surface area contributed by atoms with Crippen molar-refractivity contribution < 1.29 is 5.11 Å². The summed E-state index contributed by atoms with van der Waals surface area (Å²) < 4.78 is 0. The Bertz CT molecular complexity index is 475. The number of hydrogen-bond donors (Lipinski definition) is 2. The molecular formula is C16H25N3OS. The van der Waals surface area contributed by atoms with Crippen LogP contribution in [0.4, 0.5) is 0 Å². The molecule has 3 N–H and O–H groups in total. The number of likely N-dealkylation sites (tertiary alicyclic amines) is 1. The van der Waals surface area contributed by atoms with E-state index in [-0.39, 0.29) is 0 Å². The summed E-state index contributed by atoms with van der Waals surface area (Å²) in [6, 6.07) is 8.15. The van der Waals surface area contributed by atoms with E-state index in [2.05, 4.69) is 23.9 Å². The minimum atomic E-state index is -0.466. The van der Waals surface area contributed by atoms with Crippen LogP contribution in [0, 0.1) is 0 Å². The molecule has 5 heteroatoms. The Morgan fingerprint density at radius 1 is 1.43 bits per heavy atom. The van der Waals surface area contributed by atoms with Gasteiger partial charge in [-0.25, -0.2) is 0 Å². The van der Waals surface area contributed by atoms with Gasteiger partial charge in [-0.3, -0.25) is 4.90 Å². The number of aliphatic hydroxyl groups is 1. The van der Waals surface area contributed by atoms with Gasteiger partial charge >= 0.3 is 0 Å². The van der Waals surface area contributed by atoms with Crippen molar-refractivity contribution in [2.75, 3.05) is 33.7 Å².